The Morgan fingerprint density at radius 3 is 1.33 bits per heavy atom. The molecule has 36 valence electrons. The lowest BCUT2D eigenvalue weighted by molar-refractivity contribution is 1.55. The molecule has 0 rings (SSSR count). The van der Waals surface area contributed by atoms with Crippen LogP contribution < -0.4 is 5.73 Å². The van der Waals surface area contributed by atoms with Crippen molar-refractivity contribution < 1.29 is 0 Å². The van der Waals surface area contributed by atoms with E-state index in [0.717, 1.165) is 0 Å². The average Bonchev–Trinajstić information content (AvgIpc) is 1.36. The van der Waals surface area contributed by atoms with Crippen LogP contribution in [0.25, 0.3) is 0 Å². The molecule has 0 unspecified atom stereocenters. The Hall–Kier alpha value is 0.410. The van der Waals surface area contributed by atoms with Gasteiger partial charge in [0.25, 0.3) is 0 Å². The summed E-state index contributed by atoms with van der Waals surface area (Å²) in [6.45, 7) is 0. The van der Waals surface area contributed by atoms with Crippen LogP contribution in [0.15, 0.2) is 9.65 Å². The number of halogens is 3. The molecular weight excluding hydrogens is 144 g/mol. The van der Waals surface area contributed by atoms with Crippen molar-refractivity contribution in [3.63, 3.8) is 0 Å². The maximum atomic E-state index is 5.01. The van der Waals surface area contributed by atoms with Gasteiger partial charge in [-0.1, -0.05) is 34.8 Å². The lowest BCUT2D eigenvalue weighted by atomic mass is 11.1. The first-order valence-corrected chi connectivity index (χ1v) is 2.24. The second-order valence-electron chi connectivity index (χ2n) is 0.608. The molecule has 0 heterocycles. The van der Waals surface area contributed by atoms with Gasteiger partial charge >= 0.3 is 0 Å². The highest BCUT2D eigenvalue weighted by molar-refractivity contribution is 6.59. The normalized spacial score (nSPS) is 7.83. The summed E-state index contributed by atoms with van der Waals surface area (Å²) in [5, 5.41) is -0.0710. The van der Waals surface area contributed by atoms with Crippen LogP contribution in [0.5, 0.6) is 0 Å². The van der Waals surface area contributed by atoms with E-state index >= 15 is 0 Å². The Kier molecular flexibility index (Phi) is 2.74. The third-order valence-electron chi connectivity index (χ3n) is 0.181. The fourth-order valence-corrected chi connectivity index (χ4v) is 0. The molecule has 0 aliphatic carbocycles. The molecule has 1 nitrogen and oxygen atoms in total. The van der Waals surface area contributed by atoms with Gasteiger partial charge in [-0.05, 0) is 0 Å². The first-order valence-electron chi connectivity index (χ1n) is 1.11. The number of rotatable bonds is 0. The van der Waals surface area contributed by atoms with Crippen LogP contribution in [0.4, 0.5) is 0 Å². The van der Waals surface area contributed by atoms with E-state index in [9.17, 15) is 0 Å². The van der Waals surface area contributed by atoms with Gasteiger partial charge in [0.1, 0.15) is 9.65 Å². The van der Waals surface area contributed by atoms with Gasteiger partial charge in [-0.3, -0.25) is 0 Å². The van der Waals surface area contributed by atoms with E-state index in [1.54, 1.807) is 0 Å². The summed E-state index contributed by atoms with van der Waals surface area (Å²) >= 11 is 15.0. The SMILES string of the molecule is NC(Cl)=C(Cl)Cl. The molecule has 2 N–H and O–H groups in total. The van der Waals surface area contributed by atoms with Crippen molar-refractivity contribution in [2.75, 3.05) is 0 Å². The van der Waals surface area contributed by atoms with Gasteiger partial charge in [0.2, 0.25) is 0 Å². The van der Waals surface area contributed by atoms with E-state index in [0.29, 0.717) is 0 Å². The lowest BCUT2D eigenvalue weighted by Crippen LogP contribution is -1.85. The highest BCUT2D eigenvalue weighted by Crippen LogP contribution is 2.11. The molecule has 0 spiro atoms. The standard InChI is InChI=1S/C2H2Cl3N/c3-1(4)2(5)6/h6H2. The molecule has 0 radical (unpaired) electrons. The van der Waals surface area contributed by atoms with Crippen molar-refractivity contribution in [3.8, 4) is 0 Å². The van der Waals surface area contributed by atoms with Crippen LogP contribution in [0.1, 0.15) is 0 Å². The Balaban J connectivity index is 3.68. The smallest absolute Gasteiger partial charge is 0.141 e. The van der Waals surface area contributed by atoms with E-state index in [1.165, 1.54) is 0 Å². The summed E-state index contributed by atoms with van der Waals surface area (Å²) in [6, 6.07) is 0. The molecular formula is C2H2Cl3N. The Morgan fingerprint density at radius 1 is 1.17 bits per heavy atom. The minimum atomic E-state index is -0.0864. The molecule has 0 fully saturated rings. The molecule has 0 saturated heterocycles. The minimum absolute atomic E-state index is 0.0710. The van der Waals surface area contributed by atoms with Crippen LogP contribution in [0, 0.1) is 0 Å². The zero-order valence-corrected chi connectivity index (χ0v) is 4.98. The van der Waals surface area contributed by atoms with Crippen molar-refractivity contribution in [3.05, 3.63) is 9.65 Å². The zero-order valence-electron chi connectivity index (χ0n) is 2.71. The zero-order chi connectivity index (χ0) is 5.15. The lowest BCUT2D eigenvalue weighted by Gasteiger charge is -1.80. The maximum Gasteiger partial charge on any atom is 0.141 e. The third-order valence-corrected chi connectivity index (χ3v) is 0.970. The highest BCUT2D eigenvalue weighted by atomic mass is 35.5. The van der Waals surface area contributed by atoms with E-state index in [-0.39, 0.29) is 9.65 Å². The molecule has 0 aliphatic rings. The van der Waals surface area contributed by atoms with E-state index in [2.05, 4.69) is 0 Å². The van der Waals surface area contributed by atoms with E-state index < -0.39 is 0 Å². The second-order valence-corrected chi connectivity index (χ2v) is 1.96. The molecule has 0 amide bonds. The van der Waals surface area contributed by atoms with Gasteiger partial charge in [0.05, 0.1) is 0 Å². The minimum Gasteiger partial charge on any atom is -0.388 e. The predicted molar refractivity (Wildman–Crippen MR) is 28.8 cm³/mol. The van der Waals surface area contributed by atoms with Crippen molar-refractivity contribution >= 4 is 34.8 Å². The van der Waals surface area contributed by atoms with Crippen LogP contribution in [-0.2, 0) is 0 Å². The van der Waals surface area contributed by atoms with Crippen LogP contribution >= 0.6 is 34.8 Å². The summed E-state index contributed by atoms with van der Waals surface area (Å²) in [7, 11) is 0. The number of hydrogen-bond donors (Lipinski definition) is 1. The molecule has 0 saturated carbocycles. The van der Waals surface area contributed by atoms with Crippen molar-refractivity contribution in [1.82, 2.24) is 0 Å². The predicted octanol–water partition coefficient (Wildman–Crippen LogP) is 1.79. The highest BCUT2D eigenvalue weighted by Gasteiger charge is 1.85. The van der Waals surface area contributed by atoms with Crippen molar-refractivity contribution in [2.24, 2.45) is 5.73 Å². The molecule has 6 heavy (non-hydrogen) atoms. The van der Waals surface area contributed by atoms with Gasteiger partial charge in [0, 0.05) is 0 Å². The first-order chi connectivity index (χ1) is 2.64. The van der Waals surface area contributed by atoms with Crippen molar-refractivity contribution in [2.45, 2.75) is 0 Å². The fraction of sp³-hybridized carbons (Fsp3) is 0. The molecule has 0 atom stereocenters. The summed E-state index contributed by atoms with van der Waals surface area (Å²) < 4.78 is -0.0864. The Morgan fingerprint density at radius 2 is 1.33 bits per heavy atom. The number of nitrogens with two attached hydrogens (primary N) is 1. The van der Waals surface area contributed by atoms with Gasteiger partial charge in [-0.15, -0.1) is 0 Å². The molecule has 0 aromatic carbocycles. The Labute approximate surface area is 50.7 Å². The van der Waals surface area contributed by atoms with Gasteiger partial charge in [-0.25, -0.2) is 0 Å². The summed E-state index contributed by atoms with van der Waals surface area (Å²) in [5.41, 5.74) is 4.82. The largest absolute Gasteiger partial charge is 0.388 e. The van der Waals surface area contributed by atoms with Crippen LogP contribution in [0.3, 0.4) is 0 Å². The fourth-order valence-electron chi connectivity index (χ4n) is 0. The monoisotopic (exact) mass is 145 g/mol. The summed E-state index contributed by atoms with van der Waals surface area (Å²) in [6.07, 6.45) is 0. The van der Waals surface area contributed by atoms with Crippen LogP contribution in [-0.4, -0.2) is 0 Å². The third kappa shape index (κ3) is 2.64. The molecule has 0 aromatic heterocycles. The van der Waals surface area contributed by atoms with E-state index in [1.807, 2.05) is 0 Å². The van der Waals surface area contributed by atoms with Gasteiger partial charge in [-0.2, -0.15) is 0 Å². The van der Waals surface area contributed by atoms with Gasteiger partial charge in [0.15, 0.2) is 0 Å². The van der Waals surface area contributed by atoms with Gasteiger partial charge < -0.3 is 5.73 Å². The maximum absolute atomic E-state index is 5.01. The Bertz CT molecular complexity index is 58.9. The number of hydrogen-bond acceptors (Lipinski definition) is 1. The quantitative estimate of drug-likeness (QED) is 0.518. The summed E-state index contributed by atoms with van der Waals surface area (Å²) in [5.74, 6) is 0. The second kappa shape index (κ2) is 2.56. The molecule has 4 heteroatoms. The first kappa shape index (κ1) is 6.41. The van der Waals surface area contributed by atoms with Crippen LogP contribution in [0.2, 0.25) is 0 Å². The molecule has 0 bridgehead atoms. The summed E-state index contributed by atoms with van der Waals surface area (Å²) in [4.78, 5) is 0. The van der Waals surface area contributed by atoms with E-state index in [4.69, 9.17) is 40.5 Å². The van der Waals surface area contributed by atoms with Crippen molar-refractivity contribution in [1.29, 1.82) is 0 Å². The molecule has 0 aliphatic heterocycles. The average molecular weight is 146 g/mol. The molecule has 0 aromatic rings. The topological polar surface area (TPSA) is 26.0 Å².